The van der Waals surface area contributed by atoms with Crippen LogP contribution in [0.1, 0.15) is 21.5 Å². The van der Waals surface area contributed by atoms with Crippen LogP contribution in [-0.2, 0) is 26.1 Å². The molecular formula is C19H17ClF3NO6S. The Bertz CT molecular complexity index is 1050. The van der Waals surface area contributed by atoms with Crippen molar-refractivity contribution in [3.05, 3.63) is 64.2 Å². The van der Waals surface area contributed by atoms with Crippen LogP contribution >= 0.6 is 11.6 Å². The Labute approximate surface area is 181 Å². The van der Waals surface area contributed by atoms with E-state index in [1.807, 2.05) is 0 Å². The molecule has 1 atom stereocenters. The predicted molar refractivity (Wildman–Crippen MR) is 105 cm³/mol. The maximum atomic E-state index is 12.6. The molecule has 1 amide bonds. The quantitative estimate of drug-likeness (QED) is 0.371. The van der Waals surface area contributed by atoms with E-state index in [0.717, 1.165) is 19.2 Å². The summed E-state index contributed by atoms with van der Waals surface area (Å²) in [5.74, 6) is -1.95. The minimum atomic E-state index is -5.80. The number of halogens is 4. The lowest BCUT2D eigenvalue weighted by molar-refractivity contribution is -0.142. The molecule has 0 spiro atoms. The van der Waals surface area contributed by atoms with Crippen LogP contribution in [0.3, 0.4) is 0 Å². The van der Waals surface area contributed by atoms with Crippen molar-refractivity contribution in [3.63, 3.8) is 0 Å². The third-order valence-electron chi connectivity index (χ3n) is 4.09. The zero-order chi connectivity index (χ0) is 23.4. The lowest BCUT2D eigenvalue weighted by Crippen LogP contribution is -2.43. The van der Waals surface area contributed by atoms with Gasteiger partial charge in [-0.05, 0) is 36.2 Å². The summed E-state index contributed by atoms with van der Waals surface area (Å²) in [5.41, 5.74) is -4.41. The molecule has 0 saturated carbocycles. The van der Waals surface area contributed by atoms with E-state index in [4.69, 9.17) is 16.3 Å². The van der Waals surface area contributed by atoms with Crippen LogP contribution in [0.4, 0.5) is 13.2 Å². The Morgan fingerprint density at radius 2 is 1.74 bits per heavy atom. The molecule has 31 heavy (non-hydrogen) atoms. The van der Waals surface area contributed by atoms with Crippen molar-refractivity contribution >= 4 is 33.6 Å². The molecule has 0 unspecified atom stereocenters. The smallest absolute Gasteiger partial charge is 0.467 e. The molecule has 1 N–H and O–H groups in total. The average Bonchev–Trinajstić information content (AvgIpc) is 2.67. The molecule has 2 aromatic rings. The molecule has 0 aliphatic carbocycles. The number of methoxy groups -OCH3 is 1. The Balaban J connectivity index is 2.18. The van der Waals surface area contributed by atoms with Gasteiger partial charge in [0, 0.05) is 6.42 Å². The second kappa shape index (κ2) is 9.56. The van der Waals surface area contributed by atoms with Crippen LogP contribution in [0.25, 0.3) is 0 Å². The Hall–Kier alpha value is -2.79. The van der Waals surface area contributed by atoms with Crippen molar-refractivity contribution in [3.8, 4) is 5.75 Å². The SMILES string of the molecule is COC(=O)[C@H](Cc1ccc(OS(=O)(=O)C(F)(F)F)cc1)NC(=O)c1c(C)cccc1Cl. The van der Waals surface area contributed by atoms with Gasteiger partial charge in [-0.25, -0.2) is 4.79 Å². The third-order valence-corrected chi connectivity index (χ3v) is 5.39. The van der Waals surface area contributed by atoms with Crippen LogP contribution < -0.4 is 9.50 Å². The van der Waals surface area contributed by atoms with E-state index < -0.39 is 39.3 Å². The van der Waals surface area contributed by atoms with Crippen LogP contribution in [0.2, 0.25) is 5.02 Å². The Morgan fingerprint density at radius 1 is 1.13 bits per heavy atom. The highest BCUT2D eigenvalue weighted by Gasteiger charge is 2.48. The fourth-order valence-corrected chi connectivity index (χ4v) is 3.34. The highest BCUT2D eigenvalue weighted by molar-refractivity contribution is 7.88. The number of alkyl halides is 3. The van der Waals surface area contributed by atoms with Gasteiger partial charge >= 0.3 is 21.6 Å². The summed E-state index contributed by atoms with van der Waals surface area (Å²) in [6, 6.07) is 8.20. The van der Waals surface area contributed by atoms with E-state index >= 15 is 0 Å². The van der Waals surface area contributed by atoms with Crippen molar-refractivity contribution in [2.75, 3.05) is 7.11 Å². The van der Waals surface area contributed by atoms with Gasteiger partial charge in [0.15, 0.2) is 0 Å². The van der Waals surface area contributed by atoms with Gasteiger partial charge in [0.2, 0.25) is 0 Å². The summed E-state index contributed by atoms with van der Waals surface area (Å²) in [7, 11) is -4.68. The molecule has 7 nitrogen and oxygen atoms in total. The molecule has 0 aliphatic rings. The number of nitrogens with one attached hydrogen (secondary N) is 1. The number of amides is 1. The molecule has 0 aromatic heterocycles. The van der Waals surface area contributed by atoms with E-state index in [0.29, 0.717) is 11.1 Å². The van der Waals surface area contributed by atoms with E-state index in [-0.39, 0.29) is 17.0 Å². The zero-order valence-electron chi connectivity index (χ0n) is 16.2. The number of carbonyl (C=O) groups is 2. The van der Waals surface area contributed by atoms with Crippen LogP contribution in [0.15, 0.2) is 42.5 Å². The van der Waals surface area contributed by atoms with E-state index in [1.54, 1.807) is 19.1 Å². The van der Waals surface area contributed by atoms with E-state index in [1.165, 1.54) is 18.2 Å². The lowest BCUT2D eigenvalue weighted by Gasteiger charge is -2.18. The maximum Gasteiger partial charge on any atom is 0.534 e. The first-order valence-corrected chi connectivity index (χ1v) is 10.4. The number of esters is 1. The number of aryl methyl sites for hydroxylation is 1. The number of rotatable bonds is 7. The molecule has 0 radical (unpaired) electrons. The van der Waals surface area contributed by atoms with Crippen LogP contribution in [0.5, 0.6) is 5.75 Å². The molecule has 0 saturated heterocycles. The van der Waals surface area contributed by atoms with Gasteiger partial charge in [0.05, 0.1) is 17.7 Å². The maximum absolute atomic E-state index is 12.6. The van der Waals surface area contributed by atoms with Crippen molar-refractivity contribution in [2.45, 2.75) is 24.9 Å². The number of ether oxygens (including phenoxy) is 1. The average molecular weight is 480 g/mol. The van der Waals surface area contributed by atoms with Crippen molar-refractivity contribution in [2.24, 2.45) is 0 Å². The van der Waals surface area contributed by atoms with Gasteiger partial charge in [0.25, 0.3) is 5.91 Å². The minimum Gasteiger partial charge on any atom is -0.467 e. The van der Waals surface area contributed by atoms with Gasteiger partial charge in [-0.15, -0.1) is 0 Å². The van der Waals surface area contributed by atoms with Gasteiger partial charge in [-0.3, -0.25) is 4.79 Å². The van der Waals surface area contributed by atoms with Gasteiger partial charge in [-0.2, -0.15) is 21.6 Å². The minimum absolute atomic E-state index is 0.0891. The molecule has 0 fully saturated rings. The number of hydrogen-bond acceptors (Lipinski definition) is 6. The molecular weight excluding hydrogens is 463 g/mol. The molecule has 0 heterocycles. The molecule has 168 valence electrons. The second-order valence-electron chi connectivity index (χ2n) is 6.31. The summed E-state index contributed by atoms with van der Waals surface area (Å²) in [6.07, 6.45) is -0.0891. The van der Waals surface area contributed by atoms with Crippen LogP contribution in [-0.4, -0.2) is 39.0 Å². The fraction of sp³-hybridized carbons (Fsp3) is 0.263. The van der Waals surface area contributed by atoms with Crippen molar-refractivity contribution in [1.29, 1.82) is 0 Å². The van der Waals surface area contributed by atoms with Gasteiger partial charge in [-0.1, -0.05) is 35.9 Å². The number of hydrogen-bond donors (Lipinski definition) is 1. The highest BCUT2D eigenvalue weighted by atomic mass is 35.5. The normalized spacial score (nSPS) is 12.7. The molecule has 12 heteroatoms. The van der Waals surface area contributed by atoms with Gasteiger partial charge in [0.1, 0.15) is 11.8 Å². The Kier molecular flexibility index (Phi) is 7.55. The fourth-order valence-electron chi connectivity index (χ4n) is 2.58. The predicted octanol–water partition coefficient (Wildman–Crippen LogP) is 3.39. The van der Waals surface area contributed by atoms with Crippen LogP contribution in [0, 0.1) is 6.92 Å². The van der Waals surface area contributed by atoms with Crippen molar-refractivity contribution in [1.82, 2.24) is 5.32 Å². The molecule has 2 aromatic carbocycles. The molecule has 0 bridgehead atoms. The first-order valence-electron chi connectivity index (χ1n) is 8.59. The summed E-state index contributed by atoms with van der Waals surface area (Å²) in [5, 5.41) is 2.70. The number of carbonyl (C=O) groups excluding carboxylic acids is 2. The summed E-state index contributed by atoms with van der Waals surface area (Å²) < 4.78 is 68.0. The standard InChI is InChI=1S/C19H17ClF3NO6S/c1-11-4-3-5-14(20)16(11)17(25)24-15(18(26)29-2)10-12-6-8-13(9-7-12)30-31(27,28)19(21,22)23/h3-9,15H,10H2,1-2H3,(H,24,25)/t15-/m0/s1. The second-order valence-corrected chi connectivity index (χ2v) is 8.26. The topological polar surface area (TPSA) is 98.8 Å². The monoisotopic (exact) mass is 479 g/mol. The third kappa shape index (κ3) is 6.11. The lowest BCUT2D eigenvalue weighted by atomic mass is 10.0. The zero-order valence-corrected chi connectivity index (χ0v) is 17.8. The van der Waals surface area contributed by atoms with E-state index in [2.05, 4.69) is 9.50 Å². The summed E-state index contributed by atoms with van der Waals surface area (Å²) in [6.45, 7) is 1.67. The summed E-state index contributed by atoms with van der Waals surface area (Å²) >= 11 is 6.06. The highest BCUT2D eigenvalue weighted by Crippen LogP contribution is 2.27. The molecule has 0 aliphatic heterocycles. The Morgan fingerprint density at radius 3 is 2.26 bits per heavy atom. The first-order chi connectivity index (χ1) is 14.4. The summed E-state index contributed by atoms with van der Waals surface area (Å²) in [4.78, 5) is 24.7. The largest absolute Gasteiger partial charge is 0.534 e. The number of benzene rings is 2. The first kappa shape index (κ1) is 24.5. The van der Waals surface area contributed by atoms with E-state index in [9.17, 15) is 31.2 Å². The molecule has 2 rings (SSSR count). The van der Waals surface area contributed by atoms with Gasteiger partial charge < -0.3 is 14.2 Å². The van der Waals surface area contributed by atoms with Crippen molar-refractivity contribution < 1.29 is 40.1 Å².